The van der Waals surface area contributed by atoms with Gasteiger partial charge in [0.25, 0.3) is 5.91 Å². The molecule has 0 radical (unpaired) electrons. The summed E-state index contributed by atoms with van der Waals surface area (Å²) in [5, 5.41) is 1.18. The summed E-state index contributed by atoms with van der Waals surface area (Å²) in [6.45, 7) is 11.4. The lowest BCUT2D eigenvalue weighted by Crippen LogP contribution is -2.37. The molecule has 0 aliphatic carbocycles. The second kappa shape index (κ2) is 12.4. The van der Waals surface area contributed by atoms with Crippen molar-refractivity contribution in [2.24, 2.45) is 0 Å². The van der Waals surface area contributed by atoms with Crippen molar-refractivity contribution in [1.82, 2.24) is 20.7 Å². The van der Waals surface area contributed by atoms with E-state index >= 15 is 0 Å². The molecule has 0 aliphatic rings. The van der Waals surface area contributed by atoms with Crippen LogP contribution in [0, 0.1) is 6.92 Å². The maximum atomic E-state index is 13.1. The Morgan fingerprint density at radius 1 is 1.08 bits per heavy atom. The number of hydrogen-bond acceptors (Lipinski definition) is 4. The van der Waals surface area contributed by atoms with E-state index in [-0.39, 0.29) is 12.0 Å². The molecule has 0 saturated heterocycles. The lowest BCUT2D eigenvalue weighted by atomic mass is 10.1. The van der Waals surface area contributed by atoms with E-state index < -0.39 is 5.60 Å². The fraction of sp³-hybridized carbons (Fsp3) is 0.379. The zero-order chi connectivity index (χ0) is 26.1. The Hall–Kier alpha value is -3.58. The van der Waals surface area contributed by atoms with Crippen molar-refractivity contribution in [1.29, 1.82) is 0 Å². The highest BCUT2D eigenvalue weighted by molar-refractivity contribution is 5.91. The first-order valence-corrected chi connectivity index (χ1v) is 12.5. The van der Waals surface area contributed by atoms with Gasteiger partial charge in [0.15, 0.2) is 0 Å². The molecular weight excluding hydrogens is 452 g/mol. The van der Waals surface area contributed by atoms with Crippen molar-refractivity contribution < 1.29 is 14.3 Å². The van der Waals surface area contributed by atoms with Crippen molar-refractivity contribution in [3.8, 4) is 0 Å². The third-order valence-electron chi connectivity index (χ3n) is 5.68. The zero-order valence-electron chi connectivity index (χ0n) is 22.0. The first-order chi connectivity index (χ1) is 17.2. The van der Waals surface area contributed by atoms with Crippen molar-refractivity contribution >= 4 is 29.0 Å². The highest BCUT2D eigenvalue weighted by Crippen LogP contribution is 2.23. The number of benzene rings is 2. The van der Waals surface area contributed by atoms with Crippen LogP contribution in [0.5, 0.6) is 0 Å². The van der Waals surface area contributed by atoms with Gasteiger partial charge in [0, 0.05) is 42.3 Å². The van der Waals surface area contributed by atoms with E-state index in [1.165, 1.54) is 17.0 Å². The van der Waals surface area contributed by atoms with Crippen LogP contribution in [0.4, 0.5) is 4.79 Å². The van der Waals surface area contributed by atoms with Crippen molar-refractivity contribution in [3.63, 3.8) is 0 Å². The Morgan fingerprint density at radius 2 is 1.81 bits per heavy atom. The van der Waals surface area contributed by atoms with E-state index in [0.29, 0.717) is 13.1 Å². The van der Waals surface area contributed by atoms with Crippen LogP contribution in [-0.2, 0) is 22.5 Å². The number of fused-ring (bicyclic) bond motifs is 1. The summed E-state index contributed by atoms with van der Waals surface area (Å²) in [4.78, 5) is 30.1. The summed E-state index contributed by atoms with van der Waals surface area (Å²) in [6.07, 6.45) is 4.58. The maximum absolute atomic E-state index is 13.1. The first kappa shape index (κ1) is 27.0. The molecule has 3 N–H and O–H groups in total. The molecule has 36 heavy (non-hydrogen) atoms. The van der Waals surface area contributed by atoms with Gasteiger partial charge in [-0.25, -0.2) is 10.2 Å². The number of rotatable bonds is 10. The van der Waals surface area contributed by atoms with Gasteiger partial charge in [-0.05, 0) is 69.4 Å². The predicted octanol–water partition coefficient (Wildman–Crippen LogP) is 5.50. The largest absolute Gasteiger partial charge is 0.444 e. The van der Waals surface area contributed by atoms with Crippen LogP contribution in [-0.4, -0.2) is 40.6 Å². The Balaban J connectivity index is 1.69. The van der Waals surface area contributed by atoms with Crippen LogP contribution >= 0.6 is 0 Å². The molecule has 1 aromatic heterocycles. The molecule has 2 amide bonds. The molecule has 0 atom stereocenters. The number of aromatic nitrogens is 1. The van der Waals surface area contributed by atoms with Crippen molar-refractivity contribution in [3.05, 3.63) is 77.0 Å². The van der Waals surface area contributed by atoms with Crippen molar-refractivity contribution in [2.75, 3.05) is 13.1 Å². The minimum Gasteiger partial charge on any atom is -0.444 e. The van der Waals surface area contributed by atoms with Gasteiger partial charge in [0.2, 0.25) is 0 Å². The Bertz CT molecular complexity index is 1190. The van der Waals surface area contributed by atoms with Gasteiger partial charge in [0.05, 0.1) is 0 Å². The summed E-state index contributed by atoms with van der Waals surface area (Å²) in [7, 11) is 0. The highest BCUT2D eigenvalue weighted by atomic mass is 16.6. The molecule has 7 heteroatoms. The van der Waals surface area contributed by atoms with Gasteiger partial charge in [-0.2, -0.15) is 0 Å². The maximum Gasteiger partial charge on any atom is 0.410 e. The quantitative estimate of drug-likeness (QED) is 0.199. The van der Waals surface area contributed by atoms with Gasteiger partial charge in [-0.15, -0.1) is 0 Å². The number of carbonyl (C=O) groups excluding carboxylic acids is 2. The van der Waals surface area contributed by atoms with Gasteiger partial charge in [-0.1, -0.05) is 49.4 Å². The number of aromatic amines is 1. The van der Waals surface area contributed by atoms with E-state index in [4.69, 9.17) is 4.74 Å². The van der Waals surface area contributed by atoms with Crippen LogP contribution in [0.2, 0.25) is 0 Å². The molecule has 0 aliphatic heterocycles. The van der Waals surface area contributed by atoms with Crippen LogP contribution in [0.25, 0.3) is 17.0 Å². The molecule has 3 aromatic rings. The molecule has 0 bridgehead atoms. The molecule has 0 unspecified atom stereocenters. The first-order valence-electron chi connectivity index (χ1n) is 12.5. The summed E-state index contributed by atoms with van der Waals surface area (Å²) < 4.78 is 5.71. The second-order valence-electron chi connectivity index (χ2n) is 9.92. The topological polar surface area (TPSA) is 86.5 Å². The number of carbonyl (C=O) groups is 2. The number of para-hydroxylation sites is 1. The summed E-state index contributed by atoms with van der Waals surface area (Å²) in [5.41, 5.74) is 10.2. The SMILES string of the molecule is CCCNNC(=O)/C=C/c1ccc(CN(CCc2c(C)[nH]c3ccccc23)C(=O)OC(C)(C)C)cc1. The number of aryl methyl sites for hydroxylation is 1. The molecule has 0 spiro atoms. The molecule has 0 saturated carbocycles. The zero-order valence-corrected chi connectivity index (χ0v) is 22.0. The van der Waals surface area contributed by atoms with Gasteiger partial charge in [0.1, 0.15) is 5.60 Å². The third kappa shape index (κ3) is 7.99. The molecule has 3 rings (SSSR count). The molecular formula is C29H38N4O3. The van der Waals surface area contributed by atoms with Gasteiger partial charge >= 0.3 is 6.09 Å². The van der Waals surface area contributed by atoms with E-state index in [0.717, 1.165) is 41.7 Å². The van der Waals surface area contributed by atoms with Crippen LogP contribution in [0.1, 0.15) is 56.5 Å². The van der Waals surface area contributed by atoms with Crippen LogP contribution in [0.15, 0.2) is 54.6 Å². The average Bonchev–Trinajstić information content (AvgIpc) is 3.15. The number of amides is 2. The number of hydrogen-bond donors (Lipinski definition) is 3. The predicted molar refractivity (Wildman–Crippen MR) is 145 cm³/mol. The van der Waals surface area contributed by atoms with E-state index in [1.807, 2.05) is 64.1 Å². The Labute approximate surface area is 213 Å². The molecule has 1 heterocycles. The number of ether oxygens (including phenoxy) is 1. The van der Waals surface area contributed by atoms with E-state index in [1.54, 1.807) is 11.0 Å². The monoisotopic (exact) mass is 490 g/mol. The van der Waals surface area contributed by atoms with Crippen molar-refractivity contribution in [2.45, 2.75) is 59.6 Å². The van der Waals surface area contributed by atoms with Gasteiger partial charge in [-0.3, -0.25) is 10.2 Å². The summed E-state index contributed by atoms with van der Waals surface area (Å²) >= 11 is 0. The Morgan fingerprint density at radius 3 is 2.50 bits per heavy atom. The van der Waals surface area contributed by atoms with Crippen LogP contribution < -0.4 is 10.9 Å². The minimum atomic E-state index is -0.576. The summed E-state index contributed by atoms with van der Waals surface area (Å²) in [5.74, 6) is -0.198. The van der Waals surface area contributed by atoms with Gasteiger partial charge < -0.3 is 14.6 Å². The molecule has 192 valence electrons. The van der Waals surface area contributed by atoms with E-state index in [9.17, 15) is 9.59 Å². The van der Waals surface area contributed by atoms with Crippen LogP contribution in [0.3, 0.4) is 0 Å². The average molecular weight is 491 g/mol. The lowest BCUT2D eigenvalue weighted by molar-refractivity contribution is -0.117. The number of nitrogens with zero attached hydrogens (tertiary/aromatic N) is 1. The molecule has 0 fully saturated rings. The number of H-pyrrole nitrogens is 1. The lowest BCUT2D eigenvalue weighted by Gasteiger charge is -2.27. The molecule has 7 nitrogen and oxygen atoms in total. The fourth-order valence-corrected chi connectivity index (χ4v) is 3.91. The van der Waals surface area contributed by atoms with E-state index in [2.05, 4.69) is 34.9 Å². The summed E-state index contributed by atoms with van der Waals surface area (Å²) in [6, 6.07) is 16.1. The standard InChI is InChI=1S/C29H38N4O3/c1-6-18-30-32-27(34)16-15-22-11-13-23(14-12-22)20-33(28(35)36-29(3,4)5)19-17-24-21(2)31-26-10-8-7-9-25(24)26/h7-16,30-31H,6,17-20H2,1-5H3,(H,32,34)/b16-15+. The molecule has 2 aromatic carbocycles. The number of hydrazine groups is 1. The normalized spacial score (nSPS) is 11.7. The smallest absolute Gasteiger partial charge is 0.410 e. The fourth-order valence-electron chi connectivity index (χ4n) is 3.91. The second-order valence-corrected chi connectivity index (χ2v) is 9.92. The Kier molecular flexibility index (Phi) is 9.31. The number of nitrogens with one attached hydrogen (secondary N) is 3. The highest BCUT2D eigenvalue weighted by Gasteiger charge is 2.23. The minimum absolute atomic E-state index is 0.198. The third-order valence-corrected chi connectivity index (χ3v) is 5.68.